The molecule has 1 aliphatic rings. The highest BCUT2D eigenvalue weighted by Gasteiger charge is 2.52. The van der Waals surface area contributed by atoms with Crippen LogP contribution in [-0.4, -0.2) is 24.9 Å². The number of nitrogens with zero attached hydrogens (tertiary/aromatic N) is 1. The summed E-state index contributed by atoms with van der Waals surface area (Å²) < 4.78 is 12.1. The summed E-state index contributed by atoms with van der Waals surface area (Å²) >= 11 is 0. The number of hydrogen-bond acceptors (Lipinski definition) is 4. The van der Waals surface area contributed by atoms with Gasteiger partial charge in [0.15, 0.2) is 0 Å². The van der Waals surface area contributed by atoms with E-state index in [4.69, 9.17) is 20.3 Å². The second-order valence-corrected chi connectivity index (χ2v) is 6.59. The van der Waals surface area contributed by atoms with Gasteiger partial charge >= 0.3 is 7.12 Å². The van der Waals surface area contributed by atoms with E-state index in [2.05, 4.69) is 6.07 Å². The molecule has 1 aromatic rings. The summed E-state index contributed by atoms with van der Waals surface area (Å²) in [5.74, 6) is 0. The van der Waals surface area contributed by atoms with Gasteiger partial charge in [-0.15, -0.1) is 0 Å². The molecule has 1 aromatic carbocycles. The van der Waals surface area contributed by atoms with Crippen molar-refractivity contribution in [2.24, 2.45) is 5.73 Å². The van der Waals surface area contributed by atoms with Gasteiger partial charge < -0.3 is 15.0 Å². The van der Waals surface area contributed by atoms with Gasteiger partial charge in [-0.1, -0.05) is 30.3 Å². The van der Waals surface area contributed by atoms with Crippen LogP contribution in [0.5, 0.6) is 0 Å². The van der Waals surface area contributed by atoms with Gasteiger partial charge in [-0.25, -0.2) is 0 Å². The average molecular weight is 298 g/mol. The number of benzene rings is 1. The van der Waals surface area contributed by atoms with Gasteiger partial charge in [0, 0.05) is 6.54 Å². The van der Waals surface area contributed by atoms with E-state index in [1.165, 1.54) is 0 Å². The van der Waals surface area contributed by atoms with Gasteiger partial charge in [0.1, 0.15) is 0 Å². The summed E-state index contributed by atoms with van der Waals surface area (Å²) in [6.07, 6.45) is 2.42. The van der Waals surface area contributed by atoms with E-state index in [-0.39, 0.29) is 11.2 Å². The topological polar surface area (TPSA) is 68.3 Å². The largest absolute Gasteiger partial charge is 0.491 e. The van der Waals surface area contributed by atoms with Crippen LogP contribution in [0.1, 0.15) is 38.8 Å². The second-order valence-electron chi connectivity index (χ2n) is 6.59. The molecule has 0 saturated carbocycles. The van der Waals surface area contributed by atoms with Gasteiger partial charge in [-0.05, 0) is 44.3 Å². The molecule has 0 bridgehead atoms. The van der Waals surface area contributed by atoms with Crippen LogP contribution in [0.15, 0.2) is 29.7 Å². The van der Waals surface area contributed by atoms with Crippen molar-refractivity contribution in [3.05, 3.63) is 40.9 Å². The lowest BCUT2D eigenvalue weighted by molar-refractivity contribution is 0.00578. The fourth-order valence-corrected chi connectivity index (χ4v) is 2.25. The average Bonchev–Trinajstić information content (AvgIpc) is 2.67. The Morgan fingerprint density at radius 1 is 1.18 bits per heavy atom. The van der Waals surface area contributed by atoms with Gasteiger partial charge in [0.25, 0.3) is 0 Å². The van der Waals surface area contributed by atoms with E-state index in [0.717, 1.165) is 16.6 Å². The first kappa shape index (κ1) is 16.8. The molecule has 0 radical (unpaired) electrons. The SMILES string of the molecule is CC1(C)OB(C(=Cc2ccc(CC#N)cc2)CN)OC1(C)C. The lowest BCUT2D eigenvalue weighted by atomic mass is 9.77. The van der Waals surface area contributed by atoms with E-state index >= 15 is 0 Å². The molecule has 0 unspecified atom stereocenters. The zero-order chi connectivity index (χ0) is 16.4. The van der Waals surface area contributed by atoms with Crippen molar-refractivity contribution in [3.8, 4) is 6.07 Å². The van der Waals surface area contributed by atoms with Crippen LogP contribution in [0, 0.1) is 11.3 Å². The minimum absolute atomic E-state index is 0.372. The summed E-state index contributed by atoms with van der Waals surface area (Å²) in [4.78, 5) is 0. The number of nitrogens with two attached hydrogens (primary N) is 1. The monoisotopic (exact) mass is 298 g/mol. The van der Waals surface area contributed by atoms with Gasteiger partial charge in [0.2, 0.25) is 0 Å². The number of hydrogen-bond donors (Lipinski definition) is 1. The van der Waals surface area contributed by atoms with Crippen LogP contribution in [0.25, 0.3) is 6.08 Å². The maximum absolute atomic E-state index is 8.70. The Hall–Kier alpha value is -1.61. The van der Waals surface area contributed by atoms with Crippen LogP contribution in [-0.2, 0) is 15.7 Å². The Kier molecular flexibility index (Phi) is 4.76. The molecule has 0 aromatic heterocycles. The summed E-state index contributed by atoms with van der Waals surface area (Å²) in [5.41, 5.74) is 8.08. The zero-order valence-corrected chi connectivity index (χ0v) is 13.7. The molecule has 1 aliphatic heterocycles. The minimum atomic E-state index is -0.422. The molecule has 0 aliphatic carbocycles. The maximum atomic E-state index is 8.70. The minimum Gasteiger partial charge on any atom is -0.400 e. The Morgan fingerprint density at radius 3 is 2.18 bits per heavy atom. The molecule has 0 spiro atoms. The van der Waals surface area contributed by atoms with Gasteiger partial charge in [0.05, 0.1) is 23.7 Å². The van der Waals surface area contributed by atoms with Gasteiger partial charge in [-0.2, -0.15) is 5.26 Å². The molecule has 0 atom stereocenters. The molecular formula is C17H23BN2O2. The first-order valence-electron chi connectivity index (χ1n) is 7.51. The molecule has 2 rings (SSSR count). The van der Waals surface area contributed by atoms with E-state index in [0.29, 0.717) is 13.0 Å². The highest BCUT2D eigenvalue weighted by atomic mass is 16.7. The highest BCUT2D eigenvalue weighted by molar-refractivity contribution is 6.55. The molecule has 1 fully saturated rings. The van der Waals surface area contributed by atoms with E-state index in [1.807, 2.05) is 58.0 Å². The third-order valence-corrected chi connectivity index (χ3v) is 4.41. The second kappa shape index (κ2) is 6.25. The van der Waals surface area contributed by atoms with Crippen LogP contribution in [0.4, 0.5) is 0 Å². The summed E-state index contributed by atoms with van der Waals surface area (Å²) in [5, 5.41) is 8.70. The smallest absolute Gasteiger partial charge is 0.400 e. The van der Waals surface area contributed by atoms with Crippen LogP contribution in [0.2, 0.25) is 0 Å². The number of nitriles is 1. The Balaban J connectivity index is 2.20. The van der Waals surface area contributed by atoms with Crippen LogP contribution < -0.4 is 5.73 Å². The van der Waals surface area contributed by atoms with Gasteiger partial charge in [-0.3, -0.25) is 0 Å². The summed E-state index contributed by atoms with van der Waals surface area (Å²) in [6.45, 7) is 8.47. The molecule has 0 amide bonds. The highest BCUT2D eigenvalue weighted by Crippen LogP contribution is 2.38. The van der Waals surface area contributed by atoms with Crippen LogP contribution in [0.3, 0.4) is 0 Å². The van der Waals surface area contributed by atoms with Crippen molar-refractivity contribution in [2.45, 2.75) is 45.3 Å². The first-order valence-corrected chi connectivity index (χ1v) is 7.51. The van der Waals surface area contributed by atoms with E-state index in [1.54, 1.807) is 0 Å². The molecule has 1 saturated heterocycles. The standard InChI is InChI=1S/C17H23BN2O2/c1-16(2)17(3,4)22-18(21-16)15(12-20)11-14-7-5-13(6-8-14)9-10-19/h5-8,11H,9,12,20H2,1-4H3. The molecule has 2 N–H and O–H groups in total. The van der Waals surface area contributed by atoms with Crippen molar-refractivity contribution in [1.82, 2.24) is 0 Å². The molecule has 1 heterocycles. The first-order chi connectivity index (χ1) is 10.3. The zero-order valence-electron chi connectivity index (χ0n) is 13.7. The predicted octanol–water partition coefficient (Wildman–Crippen LogP) is 2.73. The lowest BCUT2D eigenvalue weighted by Gasteiger charge is -2.32. The summed E-state index contributed by atoms with van der Waals surface area (Å²) in [7, 11) is -0.422. The quantitative estimate of drug-likeness (QED) is 0.868. The Morgan fingerprint density at radius 2 is 1.73 bits per heavy atom. The predicted molar refractivity (Wildman–Crippen MR) is 88.9 cm³/mol. The molecular weight excluding hydrogens is 275 g/mol. The summed E-state index contributed by atoms with van der Waals surface area (Å²) in [6, 6.07) is 10.0. The van der Waals surface area contributed by atoms with E-state index in [9.17, 15) is 0 Å². The van der Waals surface area contributed by atoms with Crippen molar-refractivity contribution in [1.29, 1.82) is 5.26 Å². The third-order valence-electron chi connectivity index (χ3n) is 4.41. The van der Waals surface area contributed by atoms with Crippen molar-refractivity contribution in [3.63, 3.8) is 0 Å². The van der Waals surface area contributed by atoms with Crippen molar-refractivity contribution in [2.75, 3.05) is 6.54 Å². The third kappa shape index (κ3) is 3.41. The lowest BCUT2D eigenvalue weighted by Crippen LogP contribution is -2.41. The van der Waals surface area contributed by atoms with Crippen molar-refractivity contribution < 1.29 is 9.31 Å². The number of rotatable bonds is 4. The van der Waals surface area contributed by atoms with Crippen LogP contribution >= 0.6 is 0 Å². The Labute approximate surface area is 133 Å². The van der Waals surface area contributed by atoms with Crippen molar-refractivity contribution >= 4 is 13.2 Å². The van der Waals surface area contributed by atoms with E-state index < -0.39 is 7.12 Å². The maximum Gasteiger partial charge on any atom is 0.491 e. The molecule has 4 nitrogen and oxygen atoms in total. The fourth-order valence-electron chi connectivity index (χ4n) is 2.25. The Bertz CT molecular complexity index is 584. The fraction of sp³-hybridized carbons (Fsp3) is 0.471. The molecule has 5 heteroatoms. The molecule has 116 valence electrons. The molecule has 22 heavy (non-hydrogen) atoms. The normalized spacial score (nSPS) is 20.0.